The molecule has 0 aromatic carbocycles. The minimum Gasteiger partial charge on any atom is -0.444 e. The van der Waals surface area contributed by atoms with Crippen LogP contribution in [0.2, 0.25) is 0 Å². The van der Waals surface area contributed by atoms with Crippen LogP contribution in [0.4, 0.5) is 10.6 Å². The van der Waals surface area contributed by atoms with Crippen molar-refractivity contribution in [3.05, 3.63) is 17.0 Å². The molecule has 1 aliphatic rings. The van der Waals surface area contributed by atoms with Gasteiger partial charge in [-0.05, 0) is 36.7 Å². The summed E-state index contributed by atoms with van der Waals surface area (Å²) in [5.74, 6) is 0.697. The summed E-state index contributed by atoms with van der Waals surface area (Å²) in [5, 5.41) is 3.21. The second-order valence-electron chi connectivity index (χ2n) is 5.45. The summed E-state index contributed by atoms with van der Waals surface area (Å²) in [5.41, 5.74) is -0.453. The fraction of sp³-hybridized carbons (Fsp3) is 0.583. The van der Waals surface area contributed by atoms with Crippen LogP contribution in [0.15, 0.2) is 17.0 Å². The number of amides is 1. The molecule has 0 aliphatic carbocycles. The molecule has 104 valence electrons. The van der Waals surface area contributed by atoms with Gasteiger partial charge in [0, 0.05) is 13.1 Å². The van der Waals surface area contributed by atoms with Gasteiger partial charge in [-0.3, -0.25) is 4.98 Å². The fourth-order valence-electron chi connectivity index (χ4n) is 1.67. The molecule has 0 saturated carbocycles. The molecule has 2 heterocycles. The summed E-state index contributed by atoms with van der Waals surface area (Å²) in [6.45, 7) is 6.80. The molecule has 7 heteroatoms. The molecule has 1 aromatic heterocycles. The lowest BCUT2D eigenvalue weighted by atomic mass is 10.1. The number of nitrogens with one attached hydrogen (secondary N) is 1. The van der Waals surface area contributed by atoms with Crippen molar-refractivity contribution in [2.45, 2.75) is 32.4 Å². The maximum atomic E-state index is 11.7. The number of carbonyl (C=O) groups excluding carboxylic acids is 1. The van der Waals surface area contributed by atoms with Crippen LogP contribution in [0, 0.1) is 0 Å². The maximum Gasteiger partial charge on any atom is 0.410 e. The fourth-order valence-corrected chi connectivity index (χ4v) is 1.98. The molecule has 0 atom stereocenters. The van der Waals surface area contributed by atoms with Crippen molar-refractivity contribution >= 4 is 27.8 Å². The number of ether oxygens (including phenoxy) is 1. The average molecular weight is 329 g/mol. The number of nitrogens with zero attached hydrogens (tertiary/aromatic N) is 3. The second kappa shape index (κ2) is 5.32. The van der Waals surface area contributed by atoms with E-state index in [0.717, 1.165) is 0 Å². The molecule has 6 nitrogen and oxygen atoms in total. The Kier molecular flexibility index (Phi) is 3.93. The number of hydrogen-bond acceptors (Lipinski definition) is 5. The van der Waals surface area contributed by atoms with Gasteiger partial charge in [0.2, 0.25) is 0 Å². The van der Waals surface area contributed by atoms with Crippen molar-refractivity contribution in [3.63, 3.8) is 0 Å². The molecular weight excluding hydrogens is 312 g/mol. The minimum atomic E-state index is -0.453. The van der Waals surface area contributed by atoms with Gasteiger partial charge in [0.15, 0.2) is 0 Å². The SMILES string of the molecule is CC(C)(C)OC(=O)N1CC(Nc2cncc(Br)n2)C1. The van der Waals surface area contributed by atoms with E-state index in [4.69, 9.17) is 4.74 Å². The summed E-state index contributed by atoms with van der Waals surface area (Å²) < 4.78 is 5.96. The standard InChI is InChI=1S/C12H17BrN4O2/c1-12(2,3)19-11(18)17-6-8(7-17)15-10-5-14-4-9(13)16-10/h4-5,8H,6-7H2,1-3H3,(H,15,16). The van der Waals surface area contributed by atoms with Crippen molar-refractivity contribution in [2.24, 2.45) is 0 Å². The van der Waals surface area contributed by atoms with Crippen LogP contribution in [0.25, 0.3) is 0 Å². The number of halogens is 1. The van der Waals surface area contributed by atoms with Gasteiger partial charge >= 0.3 is 6.09 Å². The minimum absolute atomic E-state index is 0.191. The first kappa shape index (κ1) is 14.0. The first-order valence-electron chi connectivity index (χ1n) is 6.05. The summed E-state index contributed by atoms with van der Waals surface area (Å²) in [4.78, 5) is 21.6. The molecule has 1 N–H and O–H groups in total. The molecule has 0 spiro atoms. The van der Waals surface area contributed by atoms with Gasteiger partial charge in [0.25, 0.3) is 0 Å². The average Bonchev–Trinajstić information content (AvgIpc) is 2.20. The maximum absolute atomic E-state index is 11.7. The third-order valence-corrected chi connectivity index (χ3v) is 2.87. The van der Waals surface area contributed by atoms with E-state index in [9.17, 15) is 4.79 Å². The Bertz CT molecular complexity index is 469. The molecule has 19 heavy (non-hydrogen) atoms. The molecule has 1 aliphatic heterocycles. The third-order valence-electron chi connectivity index (χ3n) is 2.49. The first-order valence-corrected chi connectivity index (χ1v) is 6.85. The van der Waals surface area contributed by atoms with Gasteiger partial charge in [-0.2, -0.15) is 0 Å². The molecule has 0 bridgehead atoms. The first-order chi connectivity index (χ1) is 8.83. The quantitative estimate of drug-likeness (QED) is 0.902. The van der Waals surface area contributed by atoms with E-state index in [0.29, 0.717) is 23.5 Å². The molecular formula is C12H17BrN4O2. The van der Waals surface area contributed by atoms with Gasteiger partial charge in [-0.15, -0.1) is 0 Å². The molecule has 1 amide bonds. The molecule has 0 radical (unpaired) electrons. The summed E-state index contributed by atoms with van der Waals surface area (Å²) in [7, 11) is 0. The Hall–Kier alpha value is -1.37. The Labute approximate surface area is 120 Å². The number of hydrogen-bond donors (Lipinski definition) is 1. The largest absolute Gasteiger partial charge is 0.444 e. The highest BCUT2D eigenvalue weighted by molar-refractivity contribution is 9.10. The van der Waals surface area contributed by atoms with E-state index < -0.39 is 5.60 Å². The van der Waals surface area contributed by atoms with E-state index in [2.05, 4.69) is 31.2 Å². The molecule has 1 aromatic rings. The van der Waals surface area contributed by atoms with Crippen LogP contribution in [0.3, 0.4) is 0 Å². The zero-order valence-corrected chi connectivity index (χ0v) is 12.8. The Morgan fingerprint density at radius 1 is 1.47 bits per heavy atom. The predicted octanol–water partition coefficient (Wildman–Crippen LogP) is 2.27. The highest BCUT2D eigenvalue weighted by atomic mass is 79.9. The van der Waals surface area contributed by atoms with Gasteiger partial charge in [-0.1, -0.05) is 0 Å². The Morgan fingerprint density at radius 2 is 2.16 bits per heavy atom. The Balaban J connectivity index is 1.79. The zero-order chi connectivity index (χ0) is 14.0. The van der Waals surface area contributed by atoms with Crippen LogP contribution in [0.1, 0.15) is 20.8 Å². The van der Waals surface area contributed by atoms with Gasteiger partial charge in [0.1, 0.15) is 16.0 Å². The van der Waals surface area contributed by atoms with E-state index >= 15 is 0 Å². The van der Waals surface area contributed by atoms with Crippen molar-refractivity contribution in [2.75, 3.05) is 18.4 Å². The van der Waals surface area contributed by atoms with E-state index in [1.165, 1.54) is 0 Å². The van der Waals surface area contributed by atoms with Crippen molar-refractivity contribution in [1.82, 2.24) is 14.9 Å². The summed E-state index contributed by atoms with van der Waals surface area (Å²) >= 11 is 3.26. The molecule has 1 saturated heterocycles. The normalized spacial score (nSPS) is 15.9. The molecule has 2 rings (SSSR count). The molecule has 0 unspecified atom stereocenters. The van der Waals surface area contributed by atoms with E-state index in [1.807, 2.05) is 20.8 Å². The van der Waals surface area contributed by atoms with Crippen molar-refractivity contribution in [1.29, 1.82) is 0 Å². The molecule has 1 fully saturated rings. The number of aromatic nitrogens is 2. The smallest absolute Gasteiger partial charge is 0.410 e. The topological polar surface area (TPSA) is 67.3 Å². The summed E-state index contributed by atoms with van der Waals surface area (Å²) in [6.07, 6.45) is 3.01. The van der Waals surface area contributed by atoms with Crippen LogP contribution < -0.4 is 5.32 Å². The van der Waals surface area contributed by atoms with Gasteiger partial charge in [-0.25, -0.2) is 9.78 Å². The van der Waals surface area contributed by atoms with Crippen LogP contribution in [-0.2, 0) is 4.74 Å². The van der Waals surface area contributed by atoms with Crippen molar-refractivity contribution < 1.29 is 9.53 Å². The zero-order valence-electron chi connectivity index (χ0n) is 11.2. The lowest BCUT2D eigenvalue weighted by Crippen LogP contribution is -2.58. The lowest BCUT2D eigenvalue weighted by Gasteiger charge is -2.40. The second-order valence-corrected chi connectivity index (χ2v) is 6.27. The van der Waals surface area contributed by atoms with Gasteiger partial charge in [0.05, 0.1) is 18.4 Å². The van der Waals surface area contributed by atoms with Crippen LogP contribution >= 0.6 is 15.9 Å². The third kappa shape index (κ3) is 4.05. The van der Waals surface area contributed by atoms with Gasteiger partial charge < -0.3 is 15.0 Å². The highest BCUT2D eigenvalue weighted by Gasteiger charge is 2.33. The van der Waals surface area contributed by atoms with E-state index in [-0.39, 0.29) is 12.1 Å². The monoisotopic (exact) mass is 328 g/mol. The number of rotatable bonds is 2. The van der Waals surface area contributed by atoms with Crippen LogP contribution in [-0.4, -0.2) is 45.7 Å². The number of anilines is 1. The predicted molar refractivity (Wildman–Crippen MR) is 74.9 cm³/mol. The highest BCUT2D eigenvalue weighted by Crippen LogP contribution is 2.18. The summed E-state index contributed by atoms with van der Waals surface area (Å²) in [6, 6.07) is 0.191. The van der Waals surface area contributed by atoms with E-state index in [1.54, 1.807) is 17.3 Å². The Morgan fingerprint density at radius 3 is 2.74 bits per heavy atom. The van der Waals surface area contributed by atoms with Crippen molar-refractivity contribution in [3.8, 4) is 0 Å². The number of carbonyl (C=O) groups is 1. The lowest BCUT2D eigenvalue weighted by molar-refractivity contribution is 0.0104. The number of likely N-dealkylation sites (tertiary alicyclic amines) is 1. The van der Waals surface area contributed by atoms with Crippen LogP contribution in [0.5, 0.6) is 0 Å².